The predicted octanol–water partition coefficient (Wildman–Crippen LogP) is 5.27. The summed E-state index contributed by atoms with van der Waals surface area (Å²) in [5.41, 5.74) is 5.03. The van der Waals surface area contributed by atoms with Gasteiger partial charge in [-0.15, -0.1) is 0 Å². The van der Waals surface area contributed by atoms with Crippen molar-refractivity contribution in [2.24, 2.45) is 0 Å². The summed E-state index contributed by atoms with van der Waals surface area (Å²) in [6, 6.07) is 18.9. The van der Waals surface area contributed by atoms with Crippen LogP contribution >= 0.6 is 34.4 Å². The van der Waals surface area contributed by atoms with E-state index in [1.807, 2.05) is 12.3 Å². The van der Waals surface area contributed by atoms with E-state index in [1.54, 1.807) is 11.8 Å². The van der Waals surface area contributed by atoms with Crippen LogP contribution in [0.1, 0.15) is 22.4 Å². The zero-order valence-corrected chi connectivity index (χ0v) is 15.8. The molecular formula is C19H17IN2S. The van der Waals surface area contributed by atoms with Crippen LogP contribution in [0.5, 0.6) is 0 Å². The molecule has 0 atom stereocenters. The Morgan fingerprint density at radius 1 is 1.00 bits per heavy atom. The van der Waals surface area contributed by atoms with Gasteiger partial charge in [-0.3, -0.25) is 0 Å². The highest BCUT2D eigenvalue weighted by molar-refractivity contribution is 14.1. The average molecular weight is 432 g/mol. The second-order valence-corrected chi connectivity index (χ2v) is 7.43. The van der Waals surface area contributed by atoms with Crippen LogP contribution in [-0.2, 0) is 12.2 Å². The van der Waals surface area contributed by atoms with E-state index >= 15 is 0 Å². The highest BCUT2D eigenvalue weighted by Crippen LogP contribution is 2.23. The fraction of sp³-hybridized carbons (Fsp3) is 0.158. The maximum atomic E-state index is 4.76. The van der Waals surface area contributed by atoms with Gasteiger partial charge >= 0.3 is 0 Å². The number of benzene rings is 2. The average Bonchev–Trinajstić information content (AvgIpc) is 2.58. The van der Waals surface area contributed by atoms with Gasteiger partial charge in [-0.05, 0) is 46.2 Å². The van der Waals surface area contributed by atoms with Crippen molar-refractivity contribution < 1.29 is 0 Å². The third-order valence-corrected chi connectivity index (χ3v) is 5.44. The lowest BCUT2D eigenvalue weighted by molar-refractivity contribution is 0.890. The number of nitrogens with zero attached hydrogens (tertiary/aromatic N) is 2. The van der Waals surface area contributed by atoms with Gasteiger partial charge in [0.25, 0.3) is 0 Å². The van der Waals surface area contributed by atoms with Crippen LogP contribution in [-0.4, -0.2) is 9.97 Å². The number of thioether (sulfide) groups is 1. The third kappa shape index (κ3) is 4.54. The molecule has 0 saturated heterocycles. The quantitative estimate of drug-likeness (QED) is 0.312. The van der Waals surface area contributed by atoms with Gasteiger partial charge < -0.3 is 0 Å². The Hall–Kier alpha value is -1.40. The van der Waals surface area contributed by atoms with Crippen LogP contribution in [0.3, 0.4) is 0 Å². The monoisotopic (exact) mass is 432 g/mol. The number of halogens is 1. The predicted molar refractivity (Wildman–Crippen MR) is 105 cm³/mol. The summed E-state index contributed by atoms with van der Waals surface area (Å²) in [7, 11) is 0. The normalized spacial score (nSPS) is 10.7. The van der Waals surface area contributed by atoms with Crippen LogP contribution in [0, 0.1) is 10.5 Å². The first-order valence-electron chi connectivity index (χ1n) is 7.45. The maximum Gasteiger partial charge on any atom is 0.188 e. The molecule has 0 aliphatic carbocycles. The van der Waals surface area contributed by atoms with Gasteiger partial charge in [0, 0.05) is 18.4 Å². The Labute approximate surface area is 154 Å². The Morgan fingerprint density at radius 2 is 1.74 bits per heavy atom. The molecule has 0 aliphatic rings. The minimum atomic E-state index is 0.847. The summed E-state index contributed by atoms with van der Waals surface area (Å²) in [6.45, 7) is 2.14. The molecule has 1 heterocycles. The molecule has 2 aromatic carbocycles. The third-order valence-electron chi connectivity index (χ3n) is 3.63. The molecule has 0 radical (unpaired) electrons. The first-order chi connectivity index (χ1) is 11.2. The Balaban J connectivity index is 1.74. The first-order valence-corrected chi connectivity index (χ1v) is 9.51. The summed E-state index contributed by atoms with van der Waals surface area (Å²) >= 11 is 4.01. The lowest BCUT2D eigenvalue weighted by Gasteiger charge is -2.07. The molecule has 3 rings (SSSR count). The van der Waals surface area contributed by atoms with Crippen molar-refractivity contribution >= 4 is 34.4 Å². The molecule has 0 spiro atoms. The van der Waals surface area contributed by atoms with Gasteiger partial charge in [-0.25, -0.2) is 9.97 Å². The second kappa shape index (κ2) is 7.93. The van der Waals surface area contributed by atoms with E-state index < -0.39 is 0 Å². The molecule has 1 aromatic heterocycles. The number of hydrogen-bond donors (Lipinski definition) is 0. The molecule has 0 saturated carbocycles. The van der Waals surface area contributed by atoms with E-state index in [-0.39, 0.29) is 0 Å². The van der Waals surface area contributed by atoms with Gasteiger partial charge in [0.2, 0.25) is 0 Å². The molecule has 116 valence electrons. The summed E-state index contributed by atoms with van der Waals surface area (Å²) < 4.78 is 1.12. The standard InChI is InChI=1S/C19H17IN2S/c1-14-7-5-6-10-16(14)13-23-19-21-12-17(20)18(22-19)11-15-8-3-2-4-9-15/h2-10,12H,11,13H2,1H3. The molecule has 0 fully saturated rings. The van der Waals surface area contributed by atoms with Crippen molar-refractivity contribution in [2.75, 3.05) is 0 Å². The Kier molecular flexibility index (Phi) is 5.67. The van der Waals surface area contributed by atoms with Crippen molar-refractivity contribution in [3.05, 3.63) is 86.7 Å². The van der Waals surface area contributed by atoms with Gasteiger partial charge in [0.1, 0.15) is 0 Å². The molecule has 23 heavy (non-hydrogen) atoms. The van der Waals surface area contributed by atoms with Crippen LogP contribution in [0.25, 0.3) is 0 Å². The van der Waals surface area contributed by atoms with E-state index in [4.69, 9.17) is 4.98 Å². The van der Waals surface area contributed by atoms with E-state index in [9.17, 15) is 0 Å². The summed E-state index contributed by atoms with van der Waals surface area (Å²) in [6.07, 6.45) is 2.77. The molecule has 0 aliphatic heterocycles. The molecule has 0 amide bonds. The second-order valence-electron chi connectivity index (χ2n) is 5.32. The van der Waals surface area contributed by atoms with Crippen LogP contribution in [0.4, 0.5) is 0 Å². The van der Waals surface area contributed by atoms with Crippen LogP contribution < -0.4 is 0 Å². The highest BCUT2D eigenvalue weighted by atomic mass is 127. The summed E-state index contributed by atoms with van der Waals surface area (Å²) in [5, 5.41) is 0.847. The minimum Gasteiger partial charge on any atom is -0.230 e. The summed E-state index contributed by atoms with van der Waals surface area (Å²) in [4.78, 5) is 9.23. The molecule has 0 bridgehead atoms. The molecular weight excluding hydrogens is 415 g/mol. The molecule has 4 heteroatoms. The first kappa shape index (κ1) is 16.5. The van der Waals surface area contributed by atoms with Crippen molar-refractivity contribution in [1.82, 2.24) is 9.97 Å². The van der Waals surface area contributed by atoms with E-state index in [0.717, 1.165) is 26.6 Å². The number of rotatable bonds is 5. The SMILES string of the molecule is Cc1ccccc1CSc1ncc(I)c(Cc2ccccc2)n1. The number of aromatic nitrogens is 2. The molecule has 3 aromatic rings. The highest BCUT2D eigenvalue weighted by Gasteiger charge is 2.07. The largest absolute Gasteiger partial charge is 0.230 e. The van der Waals surface area contributed by atoms with Crippen molar-refractivity contribution in [3.8, 4) is 0 Å². The fourth-order valence-corrected chi connectivity index (χ4v) is 3.64. The minimum absolute atomic E-state index is 0.847. The molecule has 0 unspecified atom stereocenters. The Morgan fingerprint density at radius 3 is 2.52 bits per heavy atom. The van der Waals surface area contributed by atoms with Gasteiger partial charge in [0.15, 0.2) is 5.16 Å². The number of hydrogen-bond acceptors (Lipinski definition) is 3. The van der Waals surface area contributed by atoms with Gasteiger partial charge in [-0.2, -0.15) is 0 Å². The van der Waals surface area contributed by atoms with E-state index in [0.29, 0.717) is 0 Å². The van der Waals surface area contributed by atoms with Crippen molar-refractivity contribution in [3.63, 3.8) is 0 Å². The maximum absolute atomic E-state index is 4.76. The molecule has 0 N–H and O–H groups in total. The Bertz CT molecular complexity index is 790. The van der Waals surface area contributed by atoms with Gasteiger partial charge in [-0.1, -0.05) is 66.4 Å². The van der Waals surface area contributed by atoms with Crippen molar-refractivity contribution in [2.45, 2.75) is 24.3 Å². The fourth-order valence-electron chi connectivity index (χ4n) is 2.28. The van der Waals surface area contributed by atoms with E-state index in [1.165, 1.54) is 16.7 Å². The van der Waals surface area contributed by atoms with Crippen LogP contribution in [0.15, 0.2) is 66.0 Å². The number of aryl methyl sites for hydroxylation is 1. The molecule has 2 nitrogen and oxygen atoms in total. The smallest absolute Gasteiger partial charge is 0.188 e. The van der Waals surface area contributed by atoms with Crippen molar-refractivity contribution in [1.29, 1.82) is 0 Å². The van der Waals surface area contributed by atoms with Gasteiger partial charge in [0.05, 0.1) is 9.26 Å². The zero-order chi connectivity index (χ0) is 16.1. The zero-order valence-electron chi connectivity index (χ0n) is 12.9. The lowest BCUT2D eigenvalue weighted by atomic mass is 10.1. The summed E-state index contributed by atoms with van der Waals surface area (Å²) in [5.74, 6) is 0.901. The van der Waals surface area contributed by atoms with Crippen LogP contribution in [0.2, 0.25) is 0 Å². The van der Waals surface area contributed by atoms with E-state index in [2.05, 4.69) is 83.0 Å². The topological polar surface area (TPSA) is 25.8 Å². The lowest BCUT2D eigenvalue weighted by Crippen LogP contribution is -2.00.